The zero-order valence-corrected chi connectivity index (χ0v) is 14.2. The van der Waals surface area contributed by atoms with Crippen LogP contribution in [0.3, 0.4) is 0 Å². The van der Waals surface area contributed by atoms with E-state index >= 15 is 0 Å². The SMILES string of the molecule is CCC(=O)N1CCCc2ccc(NC(=O)Cc3ccc(F)cc3)cc21. The van der Waals surface area contributed by atoms with Crippen LogP contribution in [0.1, 0.15) is 30.9 Å². The van der Waals surface area contributed by atoms with Crippen molar-refractivity contribution in [3.05, 3.63) is 59.4 Å². The molecule has 0 aromatic heterocycles. The van der Waals surface area contributed by atoms with Crippen LogP contribution in [0.25, 0.3) is 0 Å². The summed E-state index contributed by atoms with van der Waals surface area (Å²) in [5.41, 5.74) is 3.43. The average Bonchev–Trinajstić information content (AvgIpc) is 2.62. The molecule has 1 heterocycles. The summed E-state index contributed by atoms with van der Waals surface area (Å²) in [5.74, 6) is -0.397. The Kier molecular flexibility index (Phi) is 5.12. The van der Waals surface area contributed by atoms with Crippen molar-refractivity contribution in [2.45, 2.75) is 32.6 Å². The molecule has 0 fully saturated rings. The van der Waals surface area contributed by atoms with Crippen LogP contribution in [0.5, 0.6) is 0 Å². The molecule has 0 spiro atoms. The van der Waals surface area contributed by atoms with E-state index in [4.69, 9.17) is 0 Å². The van der Waals surface area contributed by atoms with E-state index in [1.807, 2.05) is 25.1 Å². The first-order chi connectivity index (χ1) is 12.1. The van der Waals surface area contributed by atoms with E-state index in [9.17, 15) is 14.0 Å². The van der Waals surface area contributed by atoms with Crippen molar-refractivity contribution >= 4 is 23.2 Å². The van der Waals surface area contributed by atoms with E-state index in [1.165, 1.54) is 12.1 Å². The maximum absolute atomic E-state index is 12.9. The van der Waals surface area contributed by atoms with Gasteiger partial charge in [0.1, 0.15) is 5.82 Å². The fraction of sp³-hybridized carbons (Fsp3) is 0.300. The highest BCUT2D eigenvalue weighted by atomic mass is 19.1. The summed E-state index contributed by atoms with van der Waals surface area (Å²) in [6, 6.07) is 11.6. The van der Waals surface area contributed by atoms with Gasteiger partial charge in [0, 0.05) is 24.3 Å². The van der Waals surface area contributed by atoms with Crippen LogP contribution in [0.15, 0.2) is 42.5 Å². The molecule has 1 aliphatic heterocycles. The monoisotopic (exact) mass is 340 g/mol. The van der Waals surface area contributed by atoms with Crippen LogP contribution < -0.4 is 10.2 Å². The van der Waals surface area contributed by atoms with Crippen molar-refractivity contribution in [2.24, 2.45) is 0 Å². The highest BCUT2D eigenvalue weighted by Gasteiger charge is 2.21. The van der Waals surface area contributed by atoms with E-state index in [2.05, 4.69) is 5.32 Å². The Balaban J connectivity index is 1.74. The molecule has 2 aromatic rings. The number of aryl methyl sites for hydroxylation is 1. The number of benzene rings is 2. The van der Waals surface area contributed by atoms with Gasteiger partial charge in [0.2, 0.25) is 11.8 Å². The van der Waals surface area contributed by atoms with Crippen molar-refractivity contribution in [2.75, 3.05) is 16.8 Å². The van der Waals surface area contributed by atoms with E-state index in [0.717, 1.165) is 29.7 Å². The fourth-order valence-corrected chi connectivity index (χ4v) is 3.10. The summed E-state index contributed by atoms with van der Waals surface area (Å²) in [7, 11) is 0. The van der Waals surface area contributed by atoms with E-state index in [1.54, 1.807) is 17.0 Å². The molecule has 0 bridgehead atoms. The summed E-state index contributed by atoms with van der Waals surface area (Å²) in [6.07, 6.45) is 2.53. The summed E-state index contributed by atoms with van der Waals surface area (Å²) >= 11 is 0. The fourth-order valence-electron chi connectivity index (χ4n) is 3.10. The molecule has 1 aliphatic rings. The first-order valence-corrected chi connectivity index (χ1v) is 8.54. The first-order valence-electron chi connectivity index (χ1n) is 8.54. The molecule has 0 aliphatic carbocycles. The quantitative estimate of drug-likeness (QED) is 0.923. The van der Waals surface area contributed by atoms with Gasteiger partial charge in [-0.3, -0.25) is 9.59 Å². The number of fused-ring (bicyclic) bond motifs is 1. The Morgan fingerprint density at radius 2 is 1.92 bits per heavy atom. The van der Waals surface area contributed by atoms with Crippen molar-refractivity contribution in [1.29, 1.82) is 0 Å². The summed E-state index contributed by atoms with van der Waals surface area (Å²) in [5, 5.41) is 2.86. The van der Waals surface area contributed by atoms with Crippen LogP contribution in [-0.2, 0) is 22.4 Å². The minimum absolute atomic E-state index is 0.0933. The van der Waals surface area contributed by atoms with Crippen molar-refractivity contribution in [3.63, 3.8) is 0 Å². The molecule has 4 nitrogen and oxygen atoms in total. The maximum Gasteiger partial charge on any atom is 0.228 e. The molecule has 2 amide bonds. The molecule has 25 heavy (non-hydrogen) atoms. The third kappa shape index (κ3) is 4.05. The molecule has 0 atom stereocenters. The second kappa shape index (κ2) is 7.47. The largest absolute Gasteiger partial charge is 0.326 e. The van der Waals surface area contributed by atoms with Gasteiger partial charge in [-0.2, -0.15) is 0 Å². The van der Waals surface area contributed by atoms with Gasteiger partial charge in [-0.15, -0.1) is 0 Å². The van der Waals surface area contributed by atoms with Crippen LogP contribution in [-0.4, -0.2) is 18.4 Å². The van der Waals surface area contributed by atoms with Gasteiger partial charge in [0.05, 0.1) is 6.42 Å². The number of hydrogen-bond acceptors (Lipinski definition) is 2. The Morgan fingerprint density at radius 3 is 2.64 bits per heavy atom. The van der Waals surface area contributed by atoms with Gasteiger partial charge in [-0.25, -0.2) is 4.39 Å². The summed E-state index contributed by atoms with van der Waals surface area (Å²) in [6.45, 7) is 2.57. The predicted octanol–water partition coefficient (Wildman–Crippen LogP) is 3.70. The number of anilines is 2. The van der Waals surface area contributed by atoms with E-state index in [-0.39, 0.29) is 24.1 Å². The van der Waals surface area contributed by atoms with Crippen LogP contribution in [0.4, 0.5) is 15.8 Å². The van der Waals surface area contributed by atoms with Gasteiger partial charge in [-0.05, 0) is 48.2 Å². The highest BCUT2D eigenvalue weighted by molar-refractivity contribution is 5.97. The van der Waals surface area contributed by atoms with Crippen molar-refractivity contribution < 1.29 is 14.0 Å². The van der Waals surface area contributed by atoms with Crippen LogP contribution >= 0.6 is 0 Å². The lowest BCUT2D eigenvalue weighted by molar-refractivity contribution is -0.118. The minimum atomic E-state index is -0.320. The zero-order valence-electron chi connectivity index (χ0n) is 14.2. The Hall–Kier alpha value is -2.69. The Bertz CT molecular complexity index is 787. The topological polar surface area (TPSA) is 49.4 Å². The van der Waals surface area contributed by atoms with Gasteiger partial charge in [0.15, 0.2) is 0 Å². The predicted molar refractivity (Wildman–Crippen MR) is 96.1 cm³/mol. The number of rotatable bonds is 4. The lowest BCUT2D eigenvalue weighted by Gasteiger charge is -2.29. The maximum atomic E-state index is 12.9. The van der Waals surface area contributed by atoms with Gasteiger partial charge in [0.25, 0.3) is 0 Å². The Labute approximate surface area is 146 Å². The smallest absolute Gasteiger partial charge is 0.228 e. The number of carbonyl (C=O) groups is 2. The molecule has 1 N–H and O–H groups in total. The Morgan fingerprint density at radius 1 is 1.16 bits per heavy atom. The molecule has 0 saturated carbocycles. The third-order valence-corrected chi connectivity index (χ3v) is 4.37. The number of nitrogens with zero attached hydrogens (tertiary/aromatic N) is 1. The molecule has 5 heteroatoms. The first kappa shape index (κ1) is 17.1. The average molecular weight is 340 g/mol. The second-order valence-electron chi connectivity index (χ2n) is 6.20. The van der Waals surface area contributed by atoms with E-state index in [0.29, 0.717) is 18.7 Å². The standard InChI is InChI=1S/C20H21FN2O2/c1-2-20(25)23-11-3-4-15-7-10-17(13-18(15)23)22-19(24)12-14-5-8-16(21)9-6-14/h5-10,13H,2-4,11-12H2,1H3,(H,22,24). The van der Waals surface area contributed by atoms with Gasteiger partial charge < -0.3 is 10.2 Å². The molecule has 0 saturated heterocycles. The summed E-state index contributed by atoms with van der Waals surface area (Å²) in [4.78, 5) is 26.2. The van der Waals surface area contributed by atoms with Crippen LogP contribution in [0.2, 0.25) is 0 Å². The lowest BCUT2D eigenvalue weighted by Crippen LogP contribution is -2.35. The number of hydrogen-bond donors (Lipinski definition) is 1. The van der Waals surface area contributed by atoms with Gasteiger partial charge in [-0.1, -0.05) is 25.1 Å². The normalized spacial score (nSPS) is 13.3. The molecule has 130 valence electrons. The number of nitrogens with one attached hydrogen (secondary N) is 1. The minimum Gasteiger partial charge on any atom is -0.326 e. The number of amides is 2. The van der Waals surface area contributed by atoms with Crippen LogP contribution in [0, 0.1) is 5.82 Å². The number of carbonyl (C=O) groups excluding carboxylic acids is 2. The molecule has 0 unspecified atom stereocenters. The molecule has 3 rings (SSSR count). The summed E-state index contributed by atoms with van der Waals surface area (Å²) < 4.78 is 12.9. The molecule has 0 radical (unpaired) electrons. The highest BCUT2D eigenvalue weighted by Crippen LogP contribution is 2.30. The molecular formula is C20H21FN2O2. The van der Waals surface area contributed by atoms with Crippen molar-refractivity contribution in [1.82, 2.24) is 0 Å². The molecule has 2 aromatic carbocycles. The lowest BCUT2D eigenvalue weighted by atomic mass is 10.0. The number of halogens is 1. The second-order valence-corrected chi connectivity index (χ2v) is 6.20. The van der Waals surface area contributed by atoms with Crippen molar-refractivity contribution in [3.8, 4) is 0 Å². The zero-order chi connectivity index (χ0) is 17.8. The molecular weight excluding hydrogens is 319 g/mol. The van der Waals surface area contributed by atoms with Gasteiger partial charge >= 0.3 is 0 Å². The van der Waals surface area contributed by atoms with E-state index < -0.39 is 0 Å². The third-order valence-electron chi connectivity index (χ3n) is 4.37.